The highest BCUT2D eigenvalue weighted by Gasteiger charge is 2.17. The smallest absolute Gasteiger partial charge is 0.337 e. The minimum absolute atomic E-state index is 0.104. The van der Waals surface area contributed by atoms with Gasteiger partial charge in [-0.25, -0.2) is 9.78 Å². The first kappa shape index (κ1) is 13.9. The van der Waals surface area contributed by atoms with Crippen LogP contribution in [-0.4, -0.2) is 23.0 Å². The molecule has 2 rings (SSSR count). The number of benzene rings is 1. The molecule has 7 nitrogen and oxygen atoms in total. The van der Waals surface area contributed by atoms with Gasteiger partial charge in [0.25, 0.3) is 5.69 Å². The number of hydrogen-bond donors (Lipinski definition) is 1. The summed E-state index contributed by atoms with van der Waals surface area (Å²) in [6.45, 7) is 0.342. The number of nitrogens with one attached hydrogen (secondary N) is 1. The van der Waals surface area contributed by atoms with Gasteiger partial charge in [-0.1, -0.05) is 0 Å². The largest absolute Gasteiger partial charge is 0.465 e. The van der Waals surface area contributed by atoms with Gasteiger partial charge < -0.3 is 10.1 Å². The number of esters is 1. The Morgan fingerprint density at radius 1 is 1.55 bits per heavy atom. The standard InChI is InChI=1S/C12H11N3O4S/c1-19-12(16)8-2-3-11(15(17)18)10(4-8)13-5-9-6-20-7-14-9/h2-4,6-7,13H,5H2,1H3. The summed E-state index contributed by atoms with van der Waals surface area (Å²) in [7, 11) is 1.26. The molecule has 1 N–H and O–H groups in total. The Hall–Kier alpha value is -2.48. The number of hydrogen-bond acceptors (Lipinski definition) is 7. The van der Waals surface area contributed by atoms with E-state index in [0.717, 1.165) is 5.69 Å². The molecular formula is C12H11N3O4S. The highest BCUT2D eigenvalue weighted by atomic mass is 32.1. The maximum absolute atomic E-state index is 11.4. The van der Waals surface area contributed by atoms with E-state index in [1.165, 1.54) is 36.6 Å². The summed E-state index contributed by atoms with van der Waals surface area (Å²) in [6.07, 6.45) is 0. The monoisotopic (exact) mass is 293 g/mol. The number of nitrogens with zero attached hydrogens (tertiary/aromatic N) is 2. The minimum atomic E-state index is -0.545. The Bertz CT molecular complexity index is 628. The molecule has 0 aliphatic rings. The summed E-state index contributed by atoms with van der Waals surface area (Å²) in [5.74, 6) is -0.545. The van der Waals surface area contributed by atoms with Gasteiger partial charge in [0.2, 0.25) is 0 Å². The number of thiazole rings is 1. The minimum Gasteiger partial charge on any atom is -0.465 e. The molecule has 0 aliphatic heterocycles. The van der Waals surface area contributed by atoms with Gasteiger partial charge in [0.15, 0.2) is 0 Å². The highest BCUT2D eigenvalue weighted by Crippen LogP contribution is 2.26. The van der Waals surface area contributed by atoms with Crippen LogP contribution in [0.25, 0.3) is 0 Å². The SMILES string of the molecule is COC(=O)c1ccc([N+](=O)[O-])c(NCc2cscn2)c1. The molecule has 8 heteroatoms. The lowest BCUT2D eigenvalue weighted by atomic mass is 10.1. The number of anilines is 1. The molecule has 0 aliphatic carbocycles. The first-order valence-electron chi connectivity index (χ1n) is 5.59. The van der Waals surface area contributed by atoms with Crippen molar-refractivity contribution >= 4 is 28.7 Å². The molecule has 0 fully saturated rings. The zero-order valence-electron chi connectivity index (χ0n) is 10.5. The molecular weight excluding hydrogens is 282 g/mol. The van der Waals surface area contributed by atoms with E-state index in [1.54, 1.807) is 5.51 Å². The van der Waals surface area contributed by atoms with Gasteiger partial charge in [0, 0.05) is 11.4 Å². The van der Waals surface area contributed by atoms with Gasteiger partial charge in [-0.3, -0.25) is 10.1 Å². The second kappa shape index (κ2) is 6.11. The number of carbonyl (C=O) groups excluding carboxylic acids is 1. The van der Waals surface area contributed by atoms with Crippen molar-refractivity contribution in [3.8, 4) is 0 Å². The van der Waals surface area contributed by atoms with E-state index in [4.69, 9.17) is 0 Å². The van der Waals surface area contributed by atoms with Gasteiger partial charge in [-0.15, -0.1) is 11.3 Å². The van der Waals surface area contributed by atoms with Crippen molar-refractivity contribution in [2.45, 2.75) is 6.54 Å². The van der Waals surface area contributed by atoms with Crippen molar-refractivity contribution in [1.29, 1.82) is 0 Å². The molecule has 0 saturated carbocycles. The van der Waals surface area contributed by atoms with E-state index in [2.05, 4.69) is 15.0 Å². The van der Waals surface area contributed by atoms with Crippen molar-refractivity contribution in [2.75, 3.05) is 12.4 Å². The van der Waals surface area contributed by atoms with Crippen LogP contribution in [0.4, 0.5) is 11.4 Å². The first-order valence-corrected chi connectivity index (χ1v) is 6.54. The van der Waals surface area contributed by atoms with E-state index >= 15 is 0 Å². The molecule has 0 radical (unpaired) electrons. The van der Waals surface area contributed by atoms with Crippen molar-refractivity contribution in [3.63, 3.8) is 0 Å². The summed E-state index contributed by atoms with van der Waals surface area (Å²) in [4.78, 5) is 26.0. The second-order valence-corrected chi connectivity index (χ2v) is 4.53. The van der Waals surface area contributed by atoms with Gasteiger partial charge in [0.05, 0.1) is 35.3 Å². The number of rotatable bonds is 5. The fourth-order valence-corrected chi connectivity index (χ4v) is 2.15. The molecule has 0 spiro atoms. The summed E-state index contributed by atoms with van der Waals surface area (Å²) in [5, 5.41) is 15.7. The Morgan fingerprint density at radius 2 is 2.35 bits per heavy atom. The molecule has 2 aromatic rings. The molecule has 0 atom stereocenters. The number of ether oxygens (including phenoxy) is 1. The van der Waals surface area contributed by atoms with Gasteiger partial charge >= 0.3 is 5.97 Å². The van der Waals surface area contributed by atoms with Crippen molar-refractivity contribution < 1.29 is 14.5 Å². The van der Waals surface area contributed by atoms with Crippen molar-refractivity contribution in [2.24, 2.45) is 0 Å². The van der Waals surface area contributed by atoms with Crippen molar-refractivity contribution in [3.05, 3.63) is 50.5 Å². The molecule has 0 amide bonds. The average molecular weight is 293 g/mol. The summed E-state index contributed by atoms with van der Waals surface area (Å²) in [5.41, 5.74) is 2.85. The fraction of sp³-hybridized carbons (Fsp3) is 0.167. The van der Waals surface area contributed by atoms with E-state index in [9.17, 15) is 14.9 Å². The molecule has 1 aromatic carbocycles. The van der Waals surface area contributed by atoms with Crippen LogP contribution in [0.2, 0.25) is 0 Å². The quantitative estimate of drug-likeness (QED) is 0.517. The van der Waals surface area contributed by atoms with Gasteiger partial charge in [-0.2, -0.15) is 0 Å². The predicted molar refractivity (Wildman–Crippen MR) is 73.9 cm³/mol. The van der Waals surface area contributed by atoms with Crippen LogP contribution < -0.4 is 5.32 Å². The van der Waals surface area contributed by atoms with Crippen LogP contribution in [0.3, 0.4) is 0 Å². The molecule has 0 unspecified atom stereocenters. The van der Waals surface area contributed by atoms with Crippen LogP contribution in [0.5, 0.6) is 0 Å². The number of methoxy groups -OCH3 is 1. The highest BCUT2D eigenvalue weighted by molar-refractivity contribution is 7.07. The normalized spacial score (nSPS) is 10.1. The summed E-state index contributed by atoms with van der Waals surface area (Å²) in [6, 6.07) is 4.03. The third-order valence-corrected chi connectivity index (χ3v) is 3.19. The van der Waals surface area contributed by atoms with E-state index in [1.807, 2.05) is 5.38 Å². The van der Waals surface area contributed by atoms with Crippen LogP contribution in [0.15, 0.2) is 29.1 Å². The zero-order chi connectivity index (χ0) is 14.5. The van der Waals surface area contributed by atoms with E-state index < -0.39 is 10.9 Å². The molecule has 1 heterocycles. The number of carbonyl (C=O) groups is 1. The maximum atomic E-state index is 11.4. The third kappa shape index (κ3) is 3.09. The molecule has 104 valence electrons. The van der Waals surface area contributed by atoms with E-state index in [0.29, 0.717) is 6.54 Å². The maximum Gasteiger partial charge on any atom is 0.337 e. The zero-order valence-corrected chi connectivity index (χ0v) is 11.3. The predicted octanol–water partition coefficient (Wildman–Crippen LogP) is 2.45. The summed E-state index contributed by atoms with van der Waals surface area (Å²) >= 11 is 1.44. The van der Waals surface area contributed by atoms with Crippen LogP contribution in [0, 0.1) is 10.1 Å². The lowest BCUT2D eigenvalue weighted by Crippen LogP contribution is -2.06. The van der Waals surface area contributed by atoms with Crippen molar-refractivity contribution in [1.82, 2.24) is 4.98 Å². The lowest BCUT2D eigenvalue weighted by molar-refractivity contribution is -0.384. The number of aromatic nitrogens is 1. The Labute approximate surface area is 118 Å². The molecule has 1 aromatic heterocycles. The van der Waals surface area contributed by atoms with Crippen LogP contribution >= 0.6 is 11.3 Å². The molecule has 20 heavy (non-hydrogen) atoms. The average Bonchev–Trinajstić information content (AvgIpc) is 2.97. The Balaban J connectivity index is 2.26. The fourth-order valence-electron chi connectivity index (χ4n) is 1.59. The second-order valence-electron chi connectivity index (χ2n) is 3.81. The molecule has 0 saturated heterocycles. The number of nitro benzene ring substituents is 1. The van der Waals surface area contributed by atoms with Gasteiger partial charge in [0.1, 0.15) is 5.69 Å². The summed E-state index contributed by atoms with van der Waals surface area (Å²) < 4.78 is 4.59. The Morgan fingerprint density at radius 3 is 2.95 bits per heavy atom. The topological polar surface area (TPSA) is 94.4 Å². The van der Waals surface area contributed by atoms with E-state index in [-0.39, 0.29) is 16.9 Å². The van der Waals surface area contributed by atoms with Crippen LogP contribution in [-0.2, 0) is 11.3 Å². The van der Waals surface area contributed by atoms with Crippen LogP contribution in [0.1, 0.15) is 16.1 Å². The Kier molecular flexibility index (Phi) is 4.26. The lowest BCUT2D eigenvalue weighted by Gasteiger charge is -2.07. The first-order chi connectivity index (χ1) is 9.61. The third-order valence-electron chi connectivity index (χ3n) is 2.56. The van der Waals surface area contributed by atoms with Gasteiger partial charge in [-0.05, 0) is 12.1 Å². The number of nitro groups is 1. The molecule has 0 bridgehead atoms.